The summed E-state index contributed by atoms with van der Waals surface area (Å²) in [6.07, 6.45) is 2.69. The van der Waals surface area contributed by atoms with Crippen molar-refractivity contribution >= 4 is 37.4 Å². The van der Waals surface area contributed by atoms with E-state index in [2.05, 4.69) is 26.2 Å². The number of aryl methyl sites for hydroxylation is 1. The number of hydrogen-bond acceptors (Lipinski definition) is 4. The number of benzene rings is 1. The van der Waals surface area contributed by atoms with Crippen molar-refractivity contribution in [1.82, 2.24) is 4.98 Å². The van der Waals surface area contributed by atoms with Crippen LogP contribution in [0.1, 0.15) is 15.9 Å². The van der Waals surface area contributed by atoms with Crippen molar-refractivity contribution in [3.8, 4) is 0 Å². The SMILES string of the molecule is Cc1ccc(S(C)(=O)=O)cc1NC(=O)c1cccnc1Br. The number of carbonyl (C=O) groups excluding carboxylic acids is 1. The summed E-state index contributed by atoms with van der Waals surface area (Å²) in [7, 11) is -3.32. The second-order valence-corrected chi connectivity index (χ2v) is 7.31. The van der Waals surface area contributed by atoms with Crippen molar-refractivity contribution in [2.45, 2.75) is 11.8 Å². The first-order valence-electron chi connectivity index (χ1n) is 6.01. The van der Waals surface area contributed by atoms with Crippen LogP contribution in [-0.2, 0) is 9.84 Å². The third-order valence-electron chi connectivity index (χ3n) is 2.89. The smallest absolute Gasteiger partial charge is 0.258 e. The van der Waals surface area contributed by atoms with Crippen molar-refractivity contribution in [2.75, 3.05) is 11.6 Å². The molecule has 0 unspecified atom stereocenters. The minimum absolute atomic E-state index is 0.161. The first-order valence-corrected chi connectivity index (χ1v) is 8.70. The lowest BCUT2D eigenvalue weighted by Gasteiger charge is -2.10. The number of nitrogens with one attached hydrogen (secondary N) is 1. The molecule has 0 aliphatic carbocycles. The van der Waals surface area contributed by atoms with Crippen LogP contribution in [0.25, 0.3) is 0 Å². The summed E-state index contributed by atoms with van der Waals surface area (Å²) in [5, 5.41) is 2.71. The normalized spacial score (nSPS) is 11.2. The Morgan fingerprint density at radius 3 is 2.62 bits per heavy atom. The van der Waals surface area contributed by atoms with Crippen LogP contribution >= 0.6 is 15.9 Å². The summed E-state index contributed by atoms with van der Waals surface area (Å²) < 4.78 is 23.6. The Morgan fingerprint density at radius 2 is 2.00 bits per heavy atom. The Kier molecular flexibility index (Phi) is 4.43. The summed E-state index contributed by atoms with van der Waals surface area (Å²) in [5.41, 5.74) is 1.61. The van der Waals surface area contributed by atoms with Crippen molar-refractivity contribution in [2.24, 2.45) is 0 Å². The second kappa shape index (κ2) is 5.95. The van der Waals surface area contributed by atoms with E-state index in [1.807, 2.05) is 0 Å². The lowest BCUT2D eigenvalue weighted by molar-refractivity contribution is 0.102. The molecule has 0 atom stereocenters. The van der Waals surface area contributed by atoms with Crippen LogP contribution in [0.2, 0.25) is 0 Å². The topological polar surface area (TPSA) is 76.1 Å². The molecule has 1 heterocycles. The van der Waals surface area contributed by atoms with Gasteiger partial charge in [-0.25, -0.2) is 13.4 Å². The number of pyridine rings is 1. The van der Waals surface area contributed by atoms with Crippen LogP contribution in [0, 0.1) is 6.92 Å². The van der Waals surface area contributed by atoms with Gasteiger partial charge in [0, 0.05) is 18.1 Å². The largest absolute Gasteiger partial charge is 0.322 e. The molecule has 1 amide bonds. The minimum Gasteiger partial charge on any atom is -0.322 e. The second-order valence-electron chi connectivity index (χ2n) is 4.54. The van der Waals surface area contributed by atoms with E-state index in [1.165, 1.54) is 12.1 Å². The number of aromatic nitrogens is 1. The molecule has 2 rings (SSSR count). The maximum Gasteiger partial charge on any atom is 0.258 e. The van der Waals surface area contributed by atoms with Gasteiger partial charge in [0.1, 0.15) is 4.60 Å². The van der Waals surface area contributed by atoms with E-state index in [0.717, 1.165) is 11.8 Å². The van der Waals surface area contributed by atoms with Crippen molar-refractivity contribution in [3.05, 3.63) is 52.3 Å². The summed E-state index contributed by atoms with van der Waals surface area (Å²) in [6, 6.07) is 7.90. The van der Waals surface area contributed by atoms with Gasteiger partial charge >= 0.3 is 0 Å². The molecule has 0 saturated heterocycles. The maximum atomic E-state index is 12.2. The average Bonchev–Trinajstić information content (AvgIpc) is 2.40. The van der Waals surface area contributed by atoms with E-state index in [0.29, 0.717) is 15.9 Å². The van der Waals surface area contributed by atoms with Crippen molar-refractivity contribution in [3.63, 3.8) is 0 Å². The molecule has 0 aliphatic rings. The fraction of sp³-hybridized carbons (Fsp3) is 0.143. The molecule has 2 aromatic rings. The Labute approximate surface area is 131 Å². The quantitative estimate of drug-likeness (QED) is 0.845. The Morgan fingerprint density at radius 1 is 1.29 bits per heavy atom. The predicted octanol–water partition coefficient (Wildman–Crippen LogP) is 2.81. The average molecular weight is 369 g/mol. The lowest BCUT2D eigenvalue weighted by atomic mass is 10.2. The zero-order valence-corrected chi connectivity index (χ0v) is 13.8. The van der Waals surface area contributed by atoms with Crippen LogP contribution < -0.4 is 5.32 Å². The van der Waals surface area contributed by atoms with Crippen molar-refractivity contribution < 1.29 is 13.2 Å². The molecule has 0 saturated carbocycles. The van der Waals surface area contributed by atoms with E-state index >= 15 is 0 Å². The van der Waals surface area contributed by atoms with E-state index in [-0.39, 0.29) is 10.8 Å². The number of rotatable bonds is 3. The highest BCUT2D eigenvalue weighted by molar-refractivity contribution is 9.10. The number of hydrogen-bond donors (Lipinski definition) is 1. The minimum atomic E-state index is -3.32. The highest BCUT2D eigenvalue weighted by atomic mass is 79.9. The van der Waals surface area contributed by atoms with Gasteiger partial charge in [-0.15, -0.1) is 0 Å². The Balaban J connectivity index is 2.36. The molecule has 1 N–H and O–H groups in total. The van der Waals surface area contributed by atoms with E-state index in [4.69, 9.17) is 0 Å². The zero-order chi connectivity index (χ0) is 15.6. The first-order chi connectivity index (χ1) is 9.79. The summed E-state index contributed by atoms with van der Waals surface area (Å²) in [4.78, 5) is 16.4. The van der Waals surface area contributed by atoms with E-state index in [9.17, 15) is 13.2 Å². The maximum absolute atomic E-state index is 12.2. The lowest BCUT2D eigenvalue weighted by Crippen LogP contribution is -2.14. The van der Waals surface area contributed by atoms with Crippen LogP contribution in [0.3, 0.4) is 0 Å². The van der Waals surface area contributed by atoms with Gasteiger partial charge in [-0.1, -0.05) is 6.07 Å². The van der Waals surface area contributed by atoms with Gasteiger partial charge in [-0.2, -0.15) is 0 Å². The molecular weight excluding hydrogens is 356 g/mol. The molecule has 0 radical (unpaired) electrons. The van der Waals surface area contributed by atoms with E-state index in [1.54, 1.807) is 31.3 Å². The molecule has 0 spiro atoms. The van der Waals surface area contributed by atoms with Gasteiger partial charge in [-0.3, -0.25) is 4.79 Å². The van der Waals surface area contributed by atoms with Crippen LogP contribution in [0.15, 0.2) is 46.0 Å². The fourth-order valence-electron chi connectivity index (χ4n) is 1.71. The standard InChI is InChI=1S/C14H13BrN2O3S/c1-9-5-6-10(21(2,19)20)8-12(9)17-14(18)11-4-3-7-16-13(11)15/h3-8H,1-2H3,(H,17,18). The third-order valence-corrected chi connectivity index (χ3v) is 4.63. The van der Waals surface area contributed by atoms with Gasteiger partial charge in [0.15, 0.2) is 9.84 Å². The molecule has 1 aromatic heterocycles. The molecule has 0 fully saturated rings. The van der Waals surface area contributed by atoms with Crippen molar-refractivity contribution in [1.29, 1.82) is 0 Å². The van der Waals surface area contributed by atoms with Crippen LogP contribution in [0.4, 0.5) is 5.69 Å². The molecule has 0 bridgehead atoms. The highest BCUT2D eigenvalue weighted by Gasteiger charge is 2.14. The van der Waals surface area contributed by atoms with E-state index < -0.39 is 9.84 Å². The molecule has 0 aliphatic heterocycles. The fourth-order valence-corrected chi connectivity index (χ4v) is 2.79. The third kappa shape index (κ3) is 3.68. The van der Waals surface area contributed by atoms with Crippen LogP contribution in [0.5, 0.6) is 0 Å². The molecular formula is C14H13BrN2O3S. The van der Waals surface area contributed by atoms with Gasteiger partial charge in [0.25, 0.3) is 5.91 Å². The summed E-state index contributed by atoms with van der Waals surface area (Å²) in [5.74, 6) is -0.358. The van der Waals surface area contributed by atoms with Gasteiger partial charge in [-0.05, 0) is 52.7 Å². The molecule has 7 heteroatoms. The van der Waals surface area contributed by atoms with Gasteiger partial charge in [0.2, 0.25) is 0 Å². The highest BCUT2D eigenvalue weighted by Crippen LogP contribution is 2.22. The number of halogens is 1. The van der Waals surface area contributed by atoms with Crippen LogP contribution in [-0.4, -0.2) is 25.6 Å². The number of amides is 1. The number of anilines is 1. The van der Waals surface area contributed by atoms with Gasteiger partial charge < -0.3 is 5.32 Å². The van der Waals surface area contributed by atoms with Gasteiger partial charge in [0.05, 0.1) is 10.5 Å². The molecule has 21 heavy (non-hydrogen) atoms. The summed E-state index contributed by atoms with van der Waals surface area (Å²) in [6.45, 7) is 1.79. The Hall–Kier alpha value is -1.73. The zero-order valence-electron chi connectivity index (χ0n) is 11.4. The number of nitrogens with zero attached hydrogens (tertiary/aromatic N) is 1. The molecule has 110 valence electrons. The molecule has 1 aromatic carbocycles. The Bertz CT molecular complexity index is 804. The monoisotopic (exact) mass is 368 g/mol. The molecule has 5 nitrogen and oxygen atoms in total. The predicted molar refractivity (Wildman–Crippen MR) is 84.2 cm³/mol. The summed E-state index contributed by atoms with van der Waals surface area (Å²) >= 11 is 3.21. The first kappa shape index (κ1) is 15.7. The number of carbonyl (C=O) groups is 1. The number of sulfone groups is 1.